The number of carbonyl (C=O) groups is 1. The first-order valence-corrected chi connectivity index (χ1v) is 5.54. The number of hydrogen-bond donors (Lipinski definition) is 2. The molecule has 5 heteroatoms. The molecule has 88 valence electrons. The van der Waals surface area contributed by atoms with Crippen LogP contribution in [0, 0.1) is 0 Å². The molecule has 0 saturated carbocycles. The molecule has 1 amide bonds. The normalized spacial score (nSPS) is 12.6. The summed E-state index contributed by atoms with van der Waals surface area (Å²) in [7, 11) is 0. The largest absolute Gasteiger partial charge is 0.370 e. The molecule has 0 aliphatic heterocycles. The highest BCUT2D eigenvalue weighted by Crippen LogP contribution is 2.28. The highest BCUT2D eigenvalue weighted by Gasteiger charge is 2.14. The topological polar surface area (TPSA) is 82.0 Å². The second kappa shape index (κ2) is 4.69. The number of rotatable bonds is 3. The lowest BCUT2D eigenvalue weighted by atomic mass is 10.0. The van der Waals surface area contributed by atoms with Gasteiger partial charge in [-0.05, 0) is 23.8 Å². The molecule has 4 nitrogen and oxygen atoms in total. The fourth-order valence-corrected chi connectivity index (χ4v) is 2.00. The van der Waals surface area contributed by atoms with Crippen molar-refractivity contribution in [2.45, 2.75) is 12.5 Å². The second-order valence-electron chi connectivity index (χ2n) is 3.81. The molecule has 0 radical (unpaired) electrons. The van der Waals surface area contributed by atoms with E-state index in [1.807, 2.05) is 6.07 Å². The third-order valence-corrected chi connectivity index (χ3v) is 2.90. The molecule has 17 heavy (non-hydrogen) atoms. The monoisotopic (exact) mass is 249 g/mol. The highest BCUT2D eigenvalue weighted by atomic mass is 35.5. The third-order valence-electron chi connectivity index (χ3n) is 2.57. The molecule has 0 aliphatic rings. The van der Waals surface area contributed by atoms with Crippen LogP contribution in [0.5, 0.6) is 0 Å². The molecular weight excluding hydrogens is 238 g/mol. The Hall–Kier alpha value is -1.65. The standard InChI is InChI=1S/C12H12ClN3O/c13-9-4-3-8(10(14)6-11(15)17)12-7(9)2-1-5-16-12/h1-5,10H,6,14H2,(H2,15,17)/t10-/m1/s1. The Morgan fingerprint density at radius 3 is 2.88 bits per heavy atom. The number of aromatic nitrogens is 1. The van der Waals surface area contributed by atoms with Crippen LogP contribution in [0.2, 0.25) is 5.02 Å². The van der Waals surface area contributed by atoms with E-state index < -0.39 is 11.9 Å². The number of halogens is 1. The van der Waals surface area contributed by atoms with Crippen molar-refractivity contribution < 1.29 is 4.79 Å². The number of nitrogens with two attached hydrogens (primary N) is 2. The first kappa shape index (κ1) is 11.8. The lowest BCUT2D eigenvalue weighted by molar-refractivity contribution is -0.118. The molecular formula is C12H12ClN3O. The number of amides is 1. The SMILES string of the molecule is NC(=O)C[C@@H](N)c1ccc(Cl)c2cccnc12. The van der Waals surface area contributed by atoms with Crippen LogP contribution in [0.15, 0.2) is 30.5 Å². The summed E-state index contributed by atoms with van der Waals surface area (Å²) in [5.41, 5.74) is 12.6. The van der Waals surface area contributed by atoms with Gasteiger partial charge < -0.3 is 11.5 Å². The van der Waals surface area contributed by atoms with Crippen LogP contribution in [-0.2, 0) is 4.79 Å². The fraction of sp³-hybridized carbons (Fsp3) is 0.167. The Bertz CT molecular complexity index is 571. The van der Waals surface area contributed by atoms with Gasteiger partial charge in [0.15, 0.2) is 0 Å². The summed E-state index contributed by atoms with van der Waals surface area (Å²) >= 11 is 6.07. The Labute approximate surface area is 104 Å². The number of nitrogens with zero attached hydrogens (tertiary/aromatic N) is 1. The zero-order valence-corrected chi connectivity index (χ0v) is 9.82. The van der Waals surface area contributed by atoms with E-state index >= 15 is 0 Å². The highest BCUT2D eigenvalue weighted by molar-refractivity contribution is 6.35. The van der Waals surface area contributed by atoms with Gasteiger partial charge in [0, 0.05) is 29.1 Å². The molecule has 1 atom stereocenters. The van der Waals surface area contributed by atoms with Gasteiger partial charge in [0.05, 0.1) is 5.52 Å². The Morgan fingerprint density at radius 2 is 2.18 bits per heavy atom. The summed E-state index contributed by atoms with van der Waals surface area (Å²) in [6.45, 7) is 0. The molecule has 2 aromatic rings. The lowest BCUT2D eigenvalue weighted by Gasteiger charge is -2.12. The van der Waals surface area contributed by atoms with Crippen molar-refractivity contribution in [1.29, 1.82) is 0 Å². The molecule has 0 saturated heterocycles. The van der Waals surface area contributed by atoms with E-state index in [9.17, 15) is 4.79 Å². The van der Waals surface area contributed by atoms with Gasteiger partial charge in [-0.2, -0.15) is 0 Å². The van der Waals surface area contributed by atoms with Gasteiger partial charge >= 0.3 is 0 Å². The van der Waals surface area contributed by atoms with E-state index in [1.54, 1.807) is 24.4 Å². The predicted molar refractivity (Wildman–Crippen MR) is 67.5 cm³/mol. The van der Waals surface area contributed by atoms with Crippen molar-refractivity contribution in [3.8, 4) is 0 Å². The molecule has 4 N–H and O–H groups in total. The first-order valence-electron chi connectivity index (χ1n) is 5.16. The summed E-state index contributed by atoms with van der Waals surface area (Å²) in [5, 5.41) is 1.44. The van der Waals surface area contributed by atoms with Gasteiger partial charge in [-0.3, -0.25) is 9.78 Å². The molecule has 0 aliphatic carbocycles. The molecule has 0 spiro atoms. The van der Waals surface area contributed by atoms with Crippen LogP contribution in [0.3, 0.4) is 0 Å². The quantitative estimate of drug-likeness (QED) is 0.870. The Kier molecular flexibility index (Phi) is 3.26. The summed E-state index contributed by atoms with van der Waals surface area (Å²) < 4.78 is 0. The van der Waals surface area contributed by atoms with Crippen LogP contribution in [0.1, 0.15) is 18.0 Å². The molecule has 0 unspecified atom stereocenters. The van der Waals surface area contributed by atoms with Gasteiger partial charge in [0.1, 0.15) is 0 Å². The summed E-state index contributed by atoms with van der Waals surface area (Å²) in [6, 6.07) is 6.75. The molecule has 1 aromatic carbocycles. The molecule has 0 fully saturated rings. The minimum absolute atomic E-state index is 0.0906. The average molecular weight is 250 g/mol. The van der Waals surface area contributed by atoms with Crippen LogP contribution in [-0.4, -0.2) is 10.9 Å². The van der Waals surface area contributed by atoms with Crippen molar-refractivity contribution in [3.05, 3.63) is 41.0 Å². The van der Waals surface area contributed by atoms with Crippen molar-refractivity contribution in [3.63, 3.8) is 0 Å². The van der Waals surface area contributed by atoms with Crippen molar-refractivity contribution >= 4 is 28.4 Å². The second-order valence-corrected chi connectivity index (χ2v) is 4.22. The minimum Gasteiger partial charge on any atom is -0.370 e. The van der Waals surface area contributed by atoms with E-state index in [2.05, 4.69) is 4.98 Å². The van der Waals surface area contributed by atoms with Gasteiger partial charge in [0.25, 0.3) is 0 Å². The third kappa shape index (κ3) is 2.38. The van der Waals surface area contributed by atoms with Crippen LogP contribution < -0.4 is 11.5 Å². The van der Waals surface area contributed by atoms with E-state index in [-0.39, 0.29) is 6.42 Å². The molecule has 1 heterocycles. The van der Waals surface area contributed by atoms with E-state index in [4.69, 9.17) is 23.1 Å². The summed E-state index contributed by atoms with van der Waals surface area (Å²) in [6.07, 6.45) is 1.76. The van der Waals surface area contributed by atoms with Crippen molar-refractivity contribution in [2.24, 2.45) is 11.5 Å². The van der Waals surface area contributed by atoms with Crippen molar-refractivity contribution in [1.82, 2.24) is 4.98 Å². The smallest absolute Gasteiger partial charge is 0.219 e. The summed E-state index contributed by atoms with van der Waals surface area (Å²) in [5.74, 6) is -0.434. The van der Waals surface area contributed by atoms with Gasteiger partial charge in [-0.1, -0.05) is 17.7 Å². The van der Waals surface area contributed by atoms with E-state index in [1.165, 1.54) is 0 Å². The lowest BCUT2D eigenvalue weighted by Crippen LogP contribution is -2.21. The first-order chi connectivity index (χ1) is 8.09. The van der Waals surface area contributed by atoms with Crippen LogP contribution in [0.25, 0.3) is 10.9 Å². The maximum absolute atomic E-state index is 10.9. The minimum atomic E-state index is -0.456. The van der Waals surface area contributed by atoms with Crippen LogP contribution >= 0.6 is 11.6 Å². The zero-order chi connectivity index (χ0) is 12.4. The number of primary amides is 1. The molecule has 1 aromatic heterocycles. The fourth-order valence-electron chi connectivity index (χ4n) is 1.79. The molecule has 0 bridgehead atoms. The number of fused-ring (bicyclic) bond motifs is 1. The van der Waals surface area contributed by atoms with E-state index in [0.717, 1.165) is 10.9 Å². The number of carbonyl (C=O) groups excluding carboxylic acids is 1. The maximum Gasteiger partial charge on any atom is 0.219 e. The van der Waals surface area contributed by atoms with Gasteiger partial charge in [-0.25, -0.2) is 0 Å². The number of benzene rings is 1. The Morgan fingerprint density at radius 1 is 1.41 bits per heavy atom. The van der Waals surface area contributed by atoms with Gasteiger partial charge in [-0.15, -0.1) is 0 Å². The van der Waals surface area contributed by atoms with E-state index in [0.29, 0.717) is 10.5 Å². The Balaban J connectivity index is 2.55. The molecule has 2 rings (SSSR count). The zero-order valence-electron chi connectivity index (χ0n) is 9.06. The maximum atomic E-state index is 10.9. The van der Waals surface area contributed by atoms with Crippen LogP contribution in [0.4, 0.5) is 0 Å². The number of hydrogen-bond acceptors (Lipinski definition) is 3. The van der Waals surface area contributed by atoms with Gasteiger partial charge in [0.2, 0.25) is 5.91 Å². The number of pyridine rings is 1. The summed E-state index contributed by atoms with van der Waals surface area (Å²) in [4.78, 5) is 15.1. The van der Waals surface area contributed by atoms with Crippen molar-refractivity contribution in [2.75, 3.05) is 0 Å². The average Bonchev–Trinajstić information content (AvgIpc) is 2.29. The predicted octanol–water partition coefficient (Wildman–Crippen LogP) is 1.76.